The molecule has 2 aromatic carbocycles. The van der Waals surface area contributed by atoms with Gasteiger partial charge in [-0.2, -0.15) is 0 Å². The molecule has 2 aromatic rings. The van der Waals surface area contributed by atoms with Gasteiger partial charge in [0.1, 0.15) is 0 Å². The summed E-state index contributed by atoms with van der Waals surface area (Å²) in [6.45, 7) is 10.1. The maximum Gasteiger partial charge on any atom is 0.0483 e. The predicted molar refractivity (Wildman–Crippen MR) is 110 cm³/mol. The average Bonchev–Trinajstić information content (AvgIpc) is 2.74. The van der Waals surface area contributed by atoms with Gasteiger partial charge in [-0.3, -0.25) is 0 Å². The van der Waals surface area contributed by atoms with E-state index in [0.29, 0.717) is 0 Å². The first kappa shape index (κ1) is 26.7. The molecule has 1 aliphatic rings. The van der Waals surface area contributed by atoms with Crippen molar-refractivity contribution >= 4 is 41.2 Å². The molecule has 0 radical (unpaired) electrons. The van der Waals surface area contributed by atoms with Crippen LogP contribution in [0.4, 0.5) is 0 Å². The first-order valence-corrected chi connectivity index (χ1v) is 7.86. The molecule has 0 saturated carbocycles. The molecular weight excluding hydrogens is 387 g/mol. The van der Waals surface area contributed by atoms with Gasteiger partial charge in [-0.05, 0) is 41.0 Å². The van der Waals surface area contributed by atoms with Crippen molar-refractivity contribution in [3.8, 4) is 0 Å². The first-order valence-electron chi connectivity index (χ1n) is 7.86. The molecule has 1 N–H and O–H groups in total. The van der Waals surface area contributed by atoms with Crippen LogP contribution in [0.3, 0.4) is 0 Å². The molecule has 0 spiro atoms. The molecule has 0 amide bonds. The van der Waals surface area contributed by atoms with E-state index in [4.69, 9.17) is 5.11 Å². The van der Waals surface area contributed by atoms with E-state index in [1.807, 2.05) is 0 Å². The Morgan fingerprint density at radius 3 is 2.00 bits per heavy atom. The summed E-state index contributed by atoms with van der Waals surface area (Å²) in [5, 5.41) is 10.5. The van der Waals surface area contributed by atoms with Crippen LogP contribution in [0.2, 0.25) is 0 Å². The van der Waals surface area contributed by atoms with Gasteiger partial charge < -0.3 is 5.11 Å². The number of allylic oxidation sites excluding steroid dienone is 4. The van der Waals surface area contributed by atoms with Crippen LogP contribution < -0.4 is 0 Å². The molecule has 0 aromatic heterocycles. The fraction of sp³-hybridized carbons (Fsp3) is 0.333. The van der Waals surface area contributed by atoms with E-state index in [1.54, 1.807) is 13.8 Å². The molecule has 0 fully saturated rings. The molecular formula is C21H27Cl2OTi-. The fourth-order valence-electron chi connectivity index (χ4n) is 2.67. The van der Waals surface area contributed by atoms with E-state index in [2.05, 4.69) is 63.2 Å². The van der Waals surface area contributed by atoms with Gasteiger partial charge in [0.2, 0.25) is 0 Å². The van der Waals surface area contributed by atoms with Crippen LogP contribution in [-0.4, -0.2) is 11.2 Å². The predicted octanol–water partition coefficient (Wildman–Crippen LogP) is 6.38. The molecule has 4 heteroatoms. The molecule has 1 nitrogen and oxygen atoms in total. The van der Waals surface area contributed by atoms with Crippen LogP contribution in [0, 0.1) is 6.07 Å². The van der Waals surface area contributed by atoms with Gasteiger partial charge in [0.15, 0.2) is 0 Å². The molecule has 0 saturated heterocycles. The molecule has 0 bridgehead atoms. The van der Waals surface area contributed by atoms with Gasteiger partial charge in [0, 0.05) is 27.8 Å². The number of aliphatic hydroxyl groups excluding tert-OH is 1. The van der Waals surface area contributed by atoms with Crippen molar-refractivity contribution in [3.63, 3.8) is 0 Å². The Morgan fingerprint density at radius 1 is 0.920 bits per heavy atom. The van der Waals surface area contributed by atoms with Crippen molar-refractivity contribution in [2.45, 2.75) is 47.1 Å². The molecule has 1 aliphatic carbocycles. The normalized spacial score (nSPS) is 12.9. The number of benzene rings is 2. The molecule has 3 rings (SSSR count). The zero-order valence-corrected chi connectivity index (χ0v) is 18.7. The van der Waals surface area contributed by atoms with Crippen molar-refractivity contribution < 1.29 is 26.8 Å². The number of hydrogen-bond acceptors (Lipinski definition) is 1. The second-order valence-electron chi connectivity index (χ2n) is 6.24. The van der Waals surface area contributed by atoms with E-state index < -0.39 is 0 Å². The van der Waals surface area contributed by atoms with Crippen LogP contribution in [-0.2, 0) is 21.7 Å². The number of hydrogen-bond donors (Lipinski definition) is 1. The van der Waals surface area contributed by atoms with Gasteiger partial charge in [-0.1, -0.05) is 45.9 Å². The Balaban J connectivity index is 0. The van der Waals surface area contributed by atoms with Crippen LogP contribution in [0.25, 0.3) is 16.3 Å². The molecule has 0 heterocycles. The molecule has 0 unspecified atom stereocenters. The van der Waals surface area contributed by atoms with Gasteiger partial charge >= 0.3 is 0 Å². The van der Waals surface area contributed by atoms with Gasteiger partial charge in [0.05, 0.1) is 0 Å². The minimum atomic E-state index is -0.167. The van der Waals surface area contributed by atoms with E-state index in [9.17, 15) is 0 Å². The molecule has 25 heavy (non-hydrogen) atoms. The third kappa shape index (κ3) is 6.92. The standard InChI is InChI=1S/C18H17.C3H8O.2ClH.Ti/c1-12-10-18(14(3)13(12)2)17-9-8-15-6-4-5-7-16(15)11-17;1-3(2)4;;;/h4-9H,10H2,1-3H3;3-4H,1-2H3;2*1H;/q-1;;;;. The zero-order valence-electron chi connectivity index (χ0n) is 15.5. The SMILES string of the molecule is CC(C)O.CC1=C(C)C(C)=C(c2[c-]c3ccccc3cc2)C1.Cl.Cl.[Ti]. The molecule has 0 aliphatic heterocycles. The van der Waals surface area contributed by atoms with Crippen molar-refractivity contribution in [1.82, 2.24) is 0 Å². The van der Waals surface area contributed by atoms with Crippen molar-refractivity contribution in [2.24, 2.45) is 0 Å². The first-order chi connectivity index (χ1) is 10.4. The maximum absolute atomic E-state index is 8.06. The summed E-state index contributed by atoms with van der Waals surface area (Å²) in [6.07, 6.45) is 0.909. The van der Waals surface area contributed by atoms with Crippen LogP contribution >= 0.6 is 24.8 Å². The van der Waals surface area contributed by atoms with Crippen LogP contribution in [0.5, 0.6) is 0 Å². The number of rotatable bonds is 1. The molecule has 136 valence electrons. The van der Waals surface area contributed by atoms with E-state index in [0.717, 1.165) is 6.42 Å². The van der Waals surface area contributed by atoms with Crippen molar-refractivity contribution in [3.05, 3.63) is 64.7 Å². The summed E-state index contributed by atoms with van der Waals surface area (Å²) in [5.74, 6) is 0. The Bertz CT molecular complexity index is 746. The zero-order chi connectivity index (χ0) is 16.3. The summed E-state index contributed by atoms with van der Waals surface area (Å²) < 4.78 is 0. The van der Waals surface area contributed by atoms with Gasteiger partial charge in [-0.25, -0.2) is 0 Å². The minimum Gasteiger partial charge on any atom is -0.394 e. The fourth-order valence-corrected chi connectivity index (χ4v) is 2.67. The van der Waals surface area contributed by atoms with E-state index in [-0.39, 0.29) is 52.6 Å². The van der Waals surface area contributed by atoms with Gasteiger partial charge in [-0.15, -0.1) is 60.0 Å². The number of fused-ring (bicyclic) bond motifs is 1. The summed E-state index contributed by atoms with van der Waals surface area (Å²) in [7, 11) is 0. The molecule has 0 atom stereocenters. The van der Waals surface area contributed by atoms with Crippen molar-refractivity contribution in [2.75, 3.05) is 0 Å². The maximum atomic E-state index is 8.06. The average molecular weight is 414 g/mol. The third-order valence-electron chi connectivity index (χ3n) is 4.08. The van der Waals surface area contributed by atoms with Crippen molar-refractivity contribution in [1.29, 1.82) is 0 Å². The summed E-state index contributed by atoms with van der Waals surface area (Å²) in [4.78, 5) is 0. The van der Waals surface area contributed by atoms with Gasteiger partial charge in [0.25, 0.3) is 0 Å². The summed E-state index contributed by atoms with van der Waals surface area (Å²) >= 11 is 0. The Morgan fingerprint density at radius 2 is 1.48 bits per heavy atom. The number of aliphatic hydroxyl groups is 1. The third-order valence-corrected chi connectivity index (χ3v) is 4.08. The number of halogens is 2. The van der Waals surface area contributed by atoms with Crippen LogP contribution in [0.15, 0.2) is 53.1 Å². The topological polar surface area (TPSA) is 20.2 Å². The van der Waals surface area contributed by atoms with E-state index >= 15 is 0 Å². The minimum absolute atomic E-state index is 0. The second-order valence-corrected chi connectivity index (χ2v) is 6.24. The largest absolute Gasteiger partial charge is 0.394 e. The summed E-state index contributed by atoms with van der Waals surface area (Å²) in [5.41, 5.74) is 7.06. The summed E-state index contributed by atoms with van der Waals surface area (Å²) in [6, 6.07) is 16.4. The van der Waals surface area contributed by atoms with Crippen LogP contribution in [0.1, 0.15) is 46.6 Å². The van der Waals surface area contributed by atoms with E-state index in [1.165, 1.54) is 38.6 Å². The second kappa shape index (κ2) is 11.9. The quantitative estimate of drug-likeness (QED) is 0.424. The monoisotopic (exact) mass is 413 g/mol. The smallest absolute Gasteiger partial charge is 0.0483 e. The Hall–Kier alpha value is -0.566. The Labute approximate surface area is 179 Å². The Kier molecular flexibility index (Phi) is 12.7.